The highest BCUT2D eigenvalue weighted by atomic mass is 32.1. The maximum absolute atomic E-state index is 11.7. The molecule has 1 aliphatic rings. The first kappa shape index (κ1) is 16.7. The number of amides is 1. The second-order valence-corrected chi connectivity index (χ2v) is 6.78. The summed E-state index contributed by atoms with van der Waals surface area (Å²) in [7, 11) is 1.77. The Labute approximate surface area is 136 Å². The summed E-state index contributed by atoms with van der Waals surface area (Å²) in [5, 5.41) is 7.82. The fourth-order valence-electron chi connectivity index (χ4n) is 2.62. The summed E-state index contributed by atoms with van der Waals surface area (Å²) in [6.45, 7) is 8.26. The zero-order chi connectivity index (χ0) is 16.1. The molecule has 0 bridgehead atoms. The first-order valence-corrected chi connectivity index (χ1v) is 8.53. The summed E-state index contributed by atoms with van der Waals surface area (Å²) in [5.41, 5.74) is 1.08. The fraction of sp³-hybridized carbons (Fsp3) is 0.667. The minimum Gasteiger partial charge on any atom is -0.352 e. The number of aliphatic imine (C=N–C) groups is 1. The molecule has 1 aromatic rings. The Kier molecular flexibility index (Phi) is 5.76. The van der Waals surface area contributed by atoms with Gasteiger partial charge in [-0.3, -0.25) is 9.79 Å². The van der Waals surface area contributed by atoms with E-state index in [1.807, 2.05) is 25.7 Å². The molecule has 1 unspecified atom stereocenters. The summed E-state index contributed by atoms with van der Waals surface area (Å²) in [6, 6.07) is 0.269. The Morgan fingerprint density at radius 2 is 2.27 bits per heavy atom. The first-order valence-electron chi connectivity index (χ1n) is 7.71. The molecular formula is C15H25N5OS. The lowest BCUT2D eigenvalue weighted by Gasteiger charge is -2.18. The number of hydrogen-bond acceptors (Lipinski definition) is 4. The van der Waals surface area contributed by atoms with Crippen molar-refractivity contribution in [2.45, 2.75) is 46.2 Å². The van der Waals surface area contributed by atoms with Gasteiger partial charge < -0.3 is 15.5 Å². The van der Waals surface area contributed by atoms with Gasteiger partial charge in [0.15, 0.2) is 5.96 Å². The van der Waals surface area contributed by atoms with Crippen LogP contribution in [0.15, 0.2) is 4.99 Å². The number of aryl methyl sites for hydroxylation is 2. The topological polar surface area (TPSA) is 69.6 Å². The molecule has 1 aliphatic heterocycles. The van der Waals surface area contributed by atoms with Crippen molar-refractivity contribution in [1.82, 2.24) is 20.5 Å². The van der Waals surface area contributed by atoms with E-state index in [1.165, 1.54) is 4.88 Å². The summed E-state index contributed by atoms with van der Waals surface area (Å²) in [5.74, 6) is 1.00. The molecule has 6 nitrogen and oxygen atoms in total. The highest BCUT2D eigenvalue weighted by molar-refractivity contribution is 7.11. The molecule has 1 atom stereocenters. The van der Waals surface area contributed by atoms with Crippen LogP contribution in [0.1, 0.15) is 35.3 Å². The quantitative estimate of drug-likeness (QED) is 0.650. The molecule has 2 rings (SSSR count). The van der Waals surface area contributed by atoms with Gasteiger partial charge in [0.2, 0.25) is 5.91 Å². The normalized spacial score (nSPS) is 18.6. The molecule has 0 radical (unpaired) electrons. The SMILES string of the molecule is CCC(=O)N1CCC(NC(=NC)NCc2sc(C)nc2C)C1. The zero-order valence-electron chi connectivity index (χ0n) is 13.8. The van der Waals surface area contributed by atoms with Crippen LogP contribution >= 0.6 is 11.3 Å². The van der Waals surface area contributed by atoms with Crippen LogP contribution in [0.4, 0.5) is 0 Å². The number of thiazole rings is 1. The third-order valence-electron chi connectivity index (χ3n) is 3.82. The molecular weight excluding hydrogens is 298 g/mol. The van der Waals surface area contributed by atoms with Crippen molar-refractivity contribution >= 4 is 23.2 Å². The van der Waals surface area contributed by atoms with Crippen molar-refractivity contribution in [3.8, 4) is 0 Å². The van der Waals surface area contributed by atoms with Crippen molar-refractivity contribution in [3.63, 3.8) is 0 Å². The molecule has 1 aromatic heterocycles. The predicted octanol–water partition coefficient (Wildman–Crippen LogP) is 1.44. The molecule has 0 aromatic carbocycles. The average molecular weight is 323 g/mol. The number of guanidine groups is 1. The number of likely N-dealkylation sites (tertiary alicyclic amines) is 1. The van der Waals surface area contributed by atoms with Gasteiger partial charge in [-0.05, 0) is 20.3 Å². The van der Waals surface area contributed by atoms with E-state index in [0.29, 0.717) is 6.42 Å². The van der Waals surface area contributed by atoms with Crippen LogP contribution in [0.5, 0.6) is 0 Å². The number of aromatic nitrogens is 1. The van der Waals surface area contributed by atoms with E-state index in [4.69, 9.17) is 0 Å². The summed E-state index contributed by atoms with van der Waals surface area (Å²) >= 11 is 1.71. The monoisotopic (exact) mass is 323 g/mol. The van der Waals surface area contributed by atoms with Crippen LogP contribution in [0.2, 0.25) is 0 Å². The van der Waals surface area contributed by atoms with Gasteiger partial charge in [-0.2, -0.15) is 0 Å². The van der Waals surface area contributed by atoms with Gasteiger partial charge in [0, 0.05) is 37.5 Å². The Hall–Kier alpha value is -1.63. The standard InChI is InChI=1S/C15H25N5OS/c1-5-14(21)20-7-6-12(9-20)19-15(16-4)17-8-13-10(2)18-11(3)22-13/h12H,5-9H2,1-4H3,(H2,16,17,19). The summed E-state index contributed by atoms with van der Waals surface area (Å²) < 4.78 is 0. The number of carbonyl (C=O) groups excluding carboxylic acids is 1. The van der Waals surface area contributed by atoms with Crippen LogP contribution in [0.3, 0.4) is 0 Å². The average Bonchev–Trinajstić information content (AvgIpc) is 3.09. The van der Waals surface area contributed by atoms with E-state index in [0.717, 1.165) is 42.7 Å². The van der Waals surface area contributed by atoms with Gasteiger partial charge in [0.25, 0.3) is 0 Å². The maximum Gasteiger partial charge on any atom is 0.222 e. The maximum atomic E-state index is 11.7. The van der Waals surface area contributed by atoms with E-state index in [9.17, 15) is 4.79 Å². The van der Waals surface area contributed by atoms with Gasteiger partial charge in [-0.25, -0.2) is 4.98 Å². The Balaban J connectivity index is 1.83. The van der Waals surface area contributed by atoms with E-state index in [-0.39, 0.29) is 11.9 Å². The lowest BCUT2D eigenvalue weighted by Crippen LogP contribution is -2.44. The zero-order valence-corrected chi connectivity index (χ0v) is 14.6. The Bertz CT molecular complexity index is 554. The fourth-order valence-corrected chi connectivity index (χ4v) is 3.49. The molecule has 2 heterocycles. The lowest BCUT2D eigenvalue weighted by atomic mass is 10.3. The number of rotatable bonds is 4. The summed E-state index contributed by atoms with van der Waals surface area (Å²) in [6.07, 6.45) is 1.54. The largest absolute Gasteiger partial charge is 0.352 e. The Morgan fingerprint density at radius 3 is 2.86 bits per heavy atom. The number of carbonyl (C=O) groups is 1. The van der Waals surface area contributed by atoms with E-state index >= 15 is 0 Å². The third-order valence-corrected chi connectivity index (χ3v) is 4.90. The van der Waals surface area contributed by atoms with Crippen molar-refractivity contribution in [1.29, 1.82) is 0 Å². The van der Waals surface area contributed by atoms with E-state index < -0.39 is 0 Å². The molecule has 122 valence electrons. The van der Waals surface area contributed by atoms with Crippen molar-refractivity contribution < 1.29 is 4.79 Å². The predicted molar refractivity (Wildman–Crippen MR) is 90.2 cm³/mol. The Morgan fingerprint density at radius 1 is 1.50 bits per heavy atom. The molecule has 0 saturated carbocycles. The minimum absolute atomic E-state index is 0.225. The molecule has 7 heteroatoms. The lowest BCUT2D eigenvalue weighted by molar-refractivity contribution is -0.129. The second-order valence-electron chi connectivity index (χ2n) is 5.49. The number of nitrogens with zero attached hydrogens (tertiary/aromatic N) is 3. The van der Waals surface area contributed by atoms with Crippen LogP contribution in [-0.4, -0.2) is 47.9 Å². The van der Waals surface area contributed by atoms with Crippen LogP contribution in [0, 0.1) is 13.8 Å². The summed E-state index contributed by atoms with van der Waals surface area (Å²) in [4.78, 5) is 23.6. The molecule has 1 amide bonds. The van der Waals surface area contributed by atoms with Crippen LogP contribution in [0.25, 0.3) is 0 Å². The van der Waals surface area contributed by atoms with E-state index in [2.05, 4.69) is 20.6 Å². The van der Waals surface area contributed by atoms with Crippen molar-refractivity contribution in [3.05, 3.63) is 15.6 Å². The van der Waals surface area contributed by atoms with Gasteiger partial charge in [0.1, 0.15) is 0 Å². The van der Waals surface area contributed by atoms with Gasteiger partial charge >= 0.3 is 0 Å². The molecule has 2 N–H and O–H groups in total. The molecule has 22 heavy (non-hydrogen) atoms. The van der Waals surface area contributed by atoms with Crippen LogP contribution < -0.4 is 10.6 Å². The van der Waals surface area contributed by atoms with Crippen LogP contribution in [-0.2, 0) is 11.3 Å². The number of hydrogen-bond donors (Lipinski definition) is 2. The van der Waals surface area contributed by atoms with Gasteiger partial charge in [0.05, 0.1) is 17.2 Å². The van der Waals surface area contributed by atoms with Gasteiger partial charge in [-0.15, -0.1) is 11.3 Å². The molecule has 1 fully saturated rings. The highest BCUT2D eigenvalue weighted by Gasteiger charge is 2.25. The van der Waals surface area contributed by atoms with E-state index in [1.54, 1.807) is 18.4 Å². The molecule has 0 aliphatic carbocycles. The smallest absolute Gasteiger partial charge is 0.222 e. The second kappa shape index (κ2) is 7.58. The van der Waals surface area contributed by atoms with Crippen molar-refractivity contribution in [2.75, 3.05) is 20.1 Å². The highest BCUT2D eigenvalue weighted by Crippen LogP contribution is 2.16. The minimum atomic E-state index is 0.225. The van der Waals surface area contributed by atoms with Gasteiger partial charge in [-0.1, -0.05) is 6.92 Å². The molecule has 0 spiro atoms. The van der Waals surface area contributed by atoms with Crippen molar-refractivity contribution in [2.24, 2.45) is 4.99 Å². The first-order chi connectivity index (χ1) is 10.5. The third kappa shape index (κ3) is 4.19. The molecule has 1 saturated heterocycles. The number of nitrogens with one attached hydrogen (secondary N) is 2.